The number of benzene rings is 1. The molecule has 0 aliphatic heterocycles. The normalized spacial score (nSPS) is 9.50. The minimum absolute atomic E-state index is 0.0923. The molecule has 0 aliphatic rings. The molecular formula is C9H6Cl2N2O. The van der Waals surface area contributed by atoms with E-state index < -0.39 is 5.78 Å². The number of carbonyl (C=O) groups excluding carboxylic acids is 1. The Bertz CT molecular complexity index is 424. The summed E-state index contributed by atoms with van der Waals surface area (Å²) in [6, 6.07) is 4.78. The second kappa shape index (κ2) is 4.32. The zero-order valence-electron chi connectivity index (χ0n) is 7.05. The molecule has 0 unspecified atom stereocenters. The third-order valence-electron chi connectivity index (χ3n) is 1.69. The van der Waals surface area contributed by atoms with Crippen molar-refractivity contribution in [1.82, 2.24) is 0 Å². The van der Waals surface area contributed by atoms with Crippen molar-refractivity contribution in [2.45, 2.75) is 0 Å². The van der Waals surface area contributed by atoms with Crippen molar-refractivity contribution in [2.75, 3.05) is 11.6 Å². The highest BCUT2D eigenvalue weighted by atomic mass is 35.5. The molecule has 0 atom stereocenters. The van der Waals surface area contributed by atoms with Crippen molar-refractivity contribution in [1.29, 1.82) is 5.26 Å². The number of carbonyl (C=O) groups is 1. The van der Waals surface area contributed by atoms with Crippen LogP contribution in [0.2, 0.25) is 5.02 Å². The van der Waals surface area contributed by atoms with Crippen LogP contribution in [-0.2, 0) is 0 Å². The molecule has 0 heterocycles. The van der Waals surface area contributed by atoms with Gasteiger partial charge in [-0.05, 0) is 12.1 Å². The zero-order valence-corrected chi connectivity index (χ0v) is 8.56. The standard InChI is InChI=1S/C9H6Cl2N2O/c10-3-7(14)8-5(4-12)1-2-6(13)9(8)11/h1-2H,3,13H2. The summed E-state index contributed by atoms with van der Waals surface area (Å²) >= 11 is 11.2. The van der Waals surface area contributed by atoms with Crippen LogP contribution in [0.5, 0.6) is 0 Å². The maximum absolute atomic E-state index is 11.3. The van der Waals surface area contributed by atoms with Crippen LogP contribution in [0, 0.1) is 11.3 Å². The van der Waals surface area contributed by atoms with Gasteiger partial charge in [0.05, 0.1) is 33.8 Å². The van der Waals surface area contributed by atoms with E-state index in [2.05, 4.69) is 0 Å². The predicted molar refractivity (Wildman–Crippen MR) is 55.6 cm³/mol. The molecule has 1 rings (SSSR count). The lowest BCUT2D eigenvalue weighted by atomic mass is 10.0. The Morgan fingerprint density at radius 3 is 2.71 bits per heavy atom. The molecule has 1 aromatic carbocycles. The second-order valence-electron chi connectivity index (χ2n) is 2.56. The first kappa shape index (κ1) is 10.8. The van der Waals surface area contributed by atoms with E-state index in [1.807, 2.05) is 6.07 Å². The summed E-state index contributed by atoms with van der Waals surface area (Å²) in [7, 11) is 0. The Morgan fingerprint density at radius 1 is 1.57 bits per heavy atom. The van der Waals surface area contributed by atoms with Crippen LogP contribution in [0.1, 0.15) is 15.9 Å². The monoisotopic (exact) mass is 228 g/mol. The van der Waals surface area contributed by atoms with Crippen molar-refractivity contribution in [3.8, 4) is 6.07 Å². The molecule has 1 aromatic rings. The SMILES string of the molecule is N#Cc1ccc(N)c(Cl)c1C(=O)CCl. The molecule has 3 nitrogen and oxygen atoms in total. The molecule has 72 valence electrons. The summed E-state index contributed by atoms with van der Waals surface area (Å²) in [6.45, 7) is 0. The van der Waals surface area contributed by atoms with E-state index in [1.54, 1.807) is 0 Å². The van der Waals surface area contributed by atoms with Gasteiger partial charge in [0.15, 0.2) is 5.78 Å². The summed E-state index contributed by atoms with van der Waals surface area (Å²) in [5.74, 6) is -0.627. The molecule has 14 heavy (non-hydrogen) atoms. The molecule has 0 spiro atoms. The van der Waals surface area contributed by atoms with E-state index in [0.717, 1.165) is 0 Å². The molecular weight excluding hydrogens is 223 g/mol. The Balaban J connectivity index is 3.45. The van der Waals surface area contributed by atoms with Crippen molar-refractivity contribution in [3.05, 3.63) is 28.3 Å². The number of Topliss-reactive ketones (excluding diaryl/α,β-unsaturated/α-hetero) is 1. The number of hydrogen-bond donors (Lipinski definition) is 1. The van der Waals surface area contributed by atoms with Crippen LogP contribution in [0.3, 0.4) is 0 Å². The summed E-state index contributed by atoms with van der Waals surface area (Å²) in [5.41, 5.74) is 6.05. The van der Waals surface area contributed by atoms with E-state index in [-0.39, 0.29) is 27.7 Å². The highest BCUT2D eigenvalue weighted by Gasteiger charge is 2.16. The molecule has 0 fully saturated rings. The smallest absolute Gasteiger partial charge is 0.180 e. The number of nitriles is 1. The van der Waals surface area contributed by atoms with Crippen molar-refractivity contribution >= 4 is 34.7 Å². The molecule has 0 saturated heterocycles. The number of hydrogen-bond acceptors (Lipinski definition) is 3. The first-order chi connectivity index (χ1) is 6.61. The van der Waals surface area contributed by atoms with E-state index in [0.29, 0.717) is 0 Å². The average Bonchev–Trinajstić information content (AvgIpc) is 2.20. The highest BCUT2D eigenvalue weighted by Crippen LogP contribution is 2.26. The van der Waals surface area contributed by atoms with E-state index in [1.165, 1.54) is 12.1 Å². The molecule has 0 saturated carbocycles. The fourth-order valence-corrected chi connectivity index (χ4v) is 1.43. The Labute approximate surface area is 91.0 Å². The minimum atomic E-state index is -0.402. The van der Waals surface area contributed by atoms with Gasteiger partial charge in [0.2, 0.25) is 0 Å². The molecule has 5 heteroatoms. The van der Waals surface area contributed by atoms with Crippen LogP contribution in [0.4, 0.5) is 5.69 Å². The molecule has 0 aliphatic carbocycles. The van der Waals surface area contributed by atoms with Crippen molar-refractivity contribution < 1.29 is 4.79 Å². The van der Waals surface area contributed by atoms with E-state index in [4.69, 9.17) is 34.2 Å². The maximum atomic E-state index is 11.3. The van der Waals surface area contributed by atoms with Gasteiger partial charge >= 0.3 is 0 Å². The molecule has 2 N–H and O–H groups in total. The Kier molecular flexibility index (Phi) is 3.34. The first-order valence-corrected chi connectivity index (χ1v) is 4.60. The van der Waals surface area contributed by atoms with Crippen LogP contribution in [0.15, 0.2) is 12.1 Å². The third kappa shape index (κ3) is 1.82. The number of nitrogens with two attached hydrogens (primary N) is 1. The lowest BCUT2D eigenvalue weighted by Crippen LogP contribution is -2.06. The number of nitrogens with zero attached hydrogens (tertiary/aromatic N) is 1. The predicted octanol–water partition coefficient (Wildman–Crippen LogP) is 2.22. The number of ketones is 1. The molecule has 0 amide bonds. The van der Waals surface area contributed by atoms with E-state index in [9.17, 15) is 4.79 Å². The Hall–Kier alpha value is -1.24. The number of nitrogen functional groups attached to an aromatic ring is 1. The fraction of sp³-hybridized carbons (Fsp3) is 0.111. The van der Waals surface area contributed by atoms with Gasteiger partial charge in [-0.1, -0.05) is 11.6 Å². The summed E-state index contributed by atoms with van der Waals surface area (Å²) in [6.07, 6.45) is 0. The van der Waals surface area contributed by atoms with Crippen LogP contribution in [0.25, 0.3) is 0 Å². The van der Waals surface area contributed by atoms with Crippen LogP contribution in [-0.4, -0.2) is 11.7 Å². The van der Waals surface area contributed by atoms with Gasteiger partial charge in [-0.3, -0.25) is 4.79 Å². The molecule has 0 radical (unpaired) electrons. The largest absolute Gasteiger partial charge is 0.398 e. The lowest BCUT2D eigenvalue weighted by Gasteiger charge is -2.05. The first-order valence-electron chi connectivity index (χ1n) is 3.69. The third-order valence-corrected chi connectivity index (χ3v) is 2.34. The van der Waals surface area contributed by atoms with Crippen molar-refractivity contribution in [2.24, 2.45) is 0 Å². The second-order valence-corrected chi connectivity index (χ2v) is 3.21. The molecule has 0 aromatic heterocycles. The van der Waals surface area contributed by atoms with Crippen molar-refractivity contribution in [3.63, 3.8) is 0 Å². The maximum Gasteiger partial charge on any atom is 0.180 e. The minimum Gasteiger partial charge on any atom is -0.398 e. The number of alkyl halides is 1. The summed E-state index contributed by atoms with van der Waals surface area (Å²) in [5, 5.41) is 8.83. The van der Waals surface area contributed by atoms with E-state index >= 15 is 0 Å². The Morgan fingerprint density at radius 2 is 2.21 bits per heavy atom. The highest BCUT2D eigenvalue weighted by molar-refractivity contribution is 6.39. The van der Waals surface area contributed by atoms with Gasteiger partial charge in [-0.2, -0.15) is 5.26 Å². The topological polar surface area (TPSA) is 66.9 Å². The van der Waals surface area contributed by atoms with Crippen LogP contribution < -0.4 is 5.73 Å². The zero-order chi connectivity index (χ0) is 10.7. The van der Waals surface area contributed by atoms with Gasteiger partial charge < -0.3 is 5.73 Å². The average molecular weight is 229 g/mol. The number of rotatable bonds is 2. The quantitative estimate of drug-likeness (QED) is 0.480. The molecule has 0 bridgehead atoms. The summed E-state index contributed by atoms with van der Waals surface area (Å²) in [4.78, 5) is 11.3. The lowest BCUT2D eigenvalue weighted by molar-refractivity contribution is 0.102. The number of anilines is 1. The fourth-order valence-electron chi connectivity index (χ4n) is 1.02. The van der Waals surface area contributed by atoms with Gasteiger partial charge in [0, 0.05) is 0 Å². The van der Waals surface area contributed by atoms with Crippen LogP contribution >= 0.6 is 23.2 Å². The van der Waals surface area contributed by atoms with Gasteiger partial charge in [0.25, 0.3) is 0 Å². The van der Waals surface area contributed by atoms with Gasteiger partial charge in [-0.15, -0.1) is 11.6 Å². The number of halogens is 2. The summed E-state index contributed by atoms with van der Waals surface area (Å²) < 4.78 is 0. The van der Waals surface area contributed by atoms with Gasteiger partial charge in [-0.25, -0.2) is 0 Å². The van der Waals surface area contributed by atoms with Gasteiger partial charge in [0.1, 0.15) is 0 Å².